The Balaban J connectivity index is 1.90. The standard InChI is InChI=1S/C19H21F2N3O3/c1-19(2,9-8-16(25)26)22-18(27)17-12-4-3-5-15(12)24(23-17)11-6-7-13(20)14(21)10-11/h6-7,10H,3-5,8-9H2,1-2H3,(H,22,27)(H,25,26). The largest absolute Gasteiger partial charge is 0.481 e. The number of rotatable bonds is 6. The van der Waals surface area contributed by atoms with Gasteiger partial charge in [0.15, 0.2) is 17.3 Å². The Hall–Kier alpha value is -2.77. The Morgan fingerprint density at radius 2 is 2.00 bits per heavy atom. The molecule has 2 aromatic rings. The van der Waals surface area contributed by atoms with Gasteiger partial charge in [0.05, 0.1) is 5.69 Å². The van der Waals surface area contributed by atoms with E-state index < -0.39 is 29.0 Å². The van der Waals surface area contributed by atoms with Crippen molar-refractivity contribution in [1.29, 1.82) is 0 Å². The van der Waals surface area contributed by atoms with Crippen molar-refractivity contribution in [2.75, 3.05) is 0 Å². The van der Waals surface area contributed by atoms with Gasteiger partial charge in [-0.3, -0.25) is 9.59 Å². The number of aromatic nitrogens is 2. The average molecular weight is 377 g/mol. The molecular formula is C19H21F2N3O3. The molecule has 1 heterocycles. The molecular weight excluding hydrogens is 356 g/mol. The summed E-state index contributed by atoms with van der Waals surface area (Å²) in [6.07, 6.45) is 2.43. The summed E-state index contributed by atoms with van der Waals surface area (Å²) in [6, 6.07) is 3.50. The van der Waals surface area contributed by atoms with Crippen LogP contribution in [0.5, 0.6) is 0 Å². The lowest BCUT2D eigenvalue weighted by Crippen LogP contribution is -2.44. The number of carbonyl (C=O) groups excluding carboxylic acids is 1. The molecule has 0 spiro atoms. The van der Waals surface area contributed by atoms with Gasteiger partial charge in [-0.05, 0) is 51.7 Å². The summed E-state index contributed by atoms with van der Waals surface area (Å²) < 4.78 is 28.3. The van der Waals surface area contributed by atoms with Gasteiger partial charge >= 0.3 is 5.97 Å². The van der Waals surface area contributed by atoms with Gasteiger partial charge in [0.25, 0.3) is 5.91 Å². The smallest absolute Gasteiger partial charge is 0.303 e. The van der Waals surface area contributed by atoms with Crippen molar-refractivity contribution in [3.63, 3.8) is 0 Å². The summed E-state index contributed by atoms with van der Waals surface area (Å²) in [5, 5.41) is 16.0. The first-order valence-corrected chi connectivity index (χ1v) is 8.78. The van der Waals surface area contributed by atoms with E-state index in [9.17, 15) is 18.4 Å². The summed E-state index contributed by atoms with van der Waals surface area (Å²) in [6.45, 7) is 3.50. The second-order valence-corrected chi connectivity index (χ2v) is 7.37. The predicted octanol–water partition coefficient (Wildman–Crippen LogP) is 3.01. The van der Waals surface area contributed by atoms with Crippen molar-refractivity contribution >= 4 is 11.9 Å². The summed E-state index contributed by atoms with van der Waals surface area (Å²) in [7, 11) is 0. The maximum absolute atomic E-state index is 13.6. The highest BCUT2D eigenvalue weighted by Gasteiger charge is 2.30. The molecule has 2 N–H and O–H groups in total. The number of carboxylic acid groups (broad SMARTS) is 1. The minimum Gasteiger partial charge on any atom is -0.481 e. The second kappa shape index (κ2) is 7.09. The van der Waals surface area contributed by atoms with Gasteiger partial charge in [0, 0.05) is 29.3 Å². The van der Waals surface area contributed by atoms with Crippen LogP contribution in [0.25, 0.3) is 5.69 Å². The lowest BCUT2D eigenvalue weighted by atomic mass is 9.98. The molecule has 0 unspecified atom stereocenters. The highest BCUT2D eigenvalue weighted by Crippen LogP contribution is 2.28. The van der Waals surface area contributed by atoms with Gasteiger partial charge in [0.2, 0.25) is 0 Å². The van der Waals surface area contributed by atoms with Crippen molar-refractivity contribution in [3.05, 3.63) is 46.8 Å². The van der Waals surface area contributed by atoms with Gasteiger partial charge in [-0.2, -0.15) is 5.10 Å². The van der Waals surface area contributed by atoms with Crippen LogP contribution in [0.15, 0.2) is 18.2 Å². The van der Waals surface area contributed by atoms with Crippen LogP contribution in [0.2, 0.25) is 0 Å². The average Bonchev–Trinajstić information content (AvgIpc) is 3.17. The van der Waals surface area contributed by atoms with Crippen LogP contribution in [-0.2, 0) is 17.6 Å². The van der Waals surface area contributed by atoms with E-state index in [2.05, 4.69) is 10.4 Å². The van der Waals surface area contributed by atoms with E-state index in [0.29, 0.717) is 18.5 Å². The van der Waals surface area contributed by atoms with E-state index in [0.717, 1.165) is 29.8 Å². The van der Waals surface area contributed by atoms with Crippen LogP contribution >= 0.6 is 0 Å². The highest BCUT2D eigenvalue weighted by molar-refractivity contribution is 5.94. The fourth-order valence-electron chi connectivity index (χ4n) is 3.30. The van der Waals surface area contributed by atoms with Gasteiger partial charge in [-0.25, -0.2) is 13.5 Å². The zero-order valence-electron chi connectivity index (χ0n) is 15.2. The van der Waals surface area contributed by atoms with Crippen molar-refractivity contribution in [2.45, 2.75) is 51.5 Å². The number of hydrogen-bond acceptors (Lipinski definition) is 3. The second-order valence-electron chi connectivity index (χ2n) is 7.37. The van der Waals surface area contributed by atoms with Gasteiger partial charge < -0.3 is 10.4 Å². The number of hydrogen-bond donors (Lipinski definition) is 2. The number of nitrogens with zero attached hydrogens (tertiary/aromatic N) is 2. The van der Waals surface area contributed by atoms with Crippen molar-refractivity contribution in [1.82, 2.24) is 15.1 Å². The molecule has 1 amide bonds. The Morgan fingerprint density at radius 3 is 2.67 bits per heavy atom. The zero-order valence-corrected chi connectivity index (χ0v) is 15.2. The molecule has 0 radical (unpaired) electrons. The van der Waals surface area contributed by atoms with Crippen LogP contribution in [0, 0.1) is 11.6 Å². The molecule has 1 aliphatic rings. The maximum atomic E-state index is 13.6. The number of benzene rings is 1. The first-order chi connectivity index (χ1) is 12.7. The molecule has 27 heavy (non-hydrogen) atoms. The Bertz CT molecular complexity index is 906. The number of aliphatic carboxylic acids is 1. The molecule has 3 rings (SSSR count). The van der Waals surface area contributed by atoms with Crippen LogP contribution < -0.4 is 5.32 Å². The first kappa shape index (κ1) is 19.0. The first-order valence-electron chi connectivity index (χ1n) is 8.78. The molecule has 0 fully saturated rings. The molecule has 1 aromatic carbocycles. The summed E-state index contributed by atoms with van der Waals surface area (Å²) in [5.74, 6) is -3.25. The maximum Gasteiger partial charge on any atom is 0.303 e. The van der Waals surface area contributed by atoms with Crippen LogP contribution in [0.1, 0.15) is 54.9 Å². The molecule has 0 saturated carbocycles. The minimum absolute atomic E-state index is 0.0608. The number of fused-ring (bicyclic) bond motifs is 1. The Morgan fingerprint density at radius 1 is 1.26 bits per heavy atom. The lowest BCUT2D eigenvalue weighted by molar-refractivity contribution is -0.137. The van der Waals surface area contributed by atoms with E-state index >= 15 is 0 Å². The topological polar surface area (TPSA) is 84.2 Å². The molecule has 0 aliphatic heterocycles. The third-order valence-corrected chi connectivity index (χ3v) is 4.71. The number of nitrogens with one attached hydrogen (secondary N) is 1. The van der Waals surface area contributed by atoms with E-state index in [4.69, 9.17) is 5.11 Å². The number of amides is 1. The van der Waals surface area contributed by atoms with E-state index in [1.54, 1.807) is 13.8 Å². The predicted molar refractivity (Wildman–Crippen MR) is 93.9 cm³/mol. The van der Waals surface area contributed by atoms with E-state index in [1.807, 2.05) is 0 Å². The van der Waals surface area contributed by atoms with Crippen molar-refractivity contribution < 1.29 is 23.5 Å². The molecule has 0 bridgehead atoms. The van der Waals surface area contributed by atoms with Crippen LogP contribution in [0.3, 0.4) is 0 Å². The van der Waals surface area contributed by atoms with Gasteiger partial charge in [-0.1, -0.05) is 0 Å². The number of carbonyl (C=O) groups is 2. The molecule has 6 nitrogen and oxygen atoms in total. The number of carboxylic acids is 1. The zero-order chi connectivity index (χ0) is 19.8. The fraction of sp³-hybridized carbons (Fsp3) is 0.421. The molecule has 0 atom stereocenters. The highest BCUT2D eigenvalue weighted by atomic mass is 19.2. The van der Waals surface area contributed by atoms with E-state index in [-0.39, 0.29) is 18.5 Å². The SMILES string of the molecule is CC(C)(CCC(=O)O)NC(=O)c1nn(-c2ccc(F)c(F)c2)c2c1CCC2. The number of halogens is 2. The quantitative estimate of drug-likeness (QED) is 0.811. The normalized spacial score (nSPS) is 13.5. The molecule has 0 saturated heterocycles. The molecule has 8 heteroatoms. The fourth-order valence-corrected chi connectivity index (χ4v) is 3.30. The van der Waals surface area contributed by atoms with Crippen molar-refractivity contribution in [3.8, 4) is 5.69 Å². The Kier molecular flexibility index (Phi) is 4.99. The lowest BCUT2D eigenvalue weighted by Gasteiger charge is -2.25. The van der Waals surface area contributed by atoms with Crippen molar-refractivity contribution in [2.24, 2.45) is 0 Å². The monoisotopic (exact) mass is 377 g/mol. The van der Waals surface area contributed by atoms with Gasteiger partial charge in [-0.15, -0.1) is 0 Å². The van der Waals surface area contributed by atoms with E-state index in [1.165, 1.54) is 10.7 Å². The Labute approximate surface area is 155 Å². The summed E-state index contributed by atoms with van der Waals surface area (Å²) >= 11 is 0. The third-order valence-electron chi connectivity index (χ3n) is 4.71. The van der Waals surface area contributed by atoms with Crippen LogP contribution in [0.4, 0.5) is 8.78 Å². The molecule has 1 aromatic heterocycles. The minimum atomic E-state index is -0.976. The van der Waals surface area contributed by atoms with Crippen LogP contribution in [-0.4, -0.2) is 32.3 Å². The molecule has 1 aliphatic carbocycles. The summed E-state index contributed by atoms with van der Waals surface area (Å²) in [4.78, 5) is 23.5. The summed E-state index contributed by atoms with van der Waals surface area (Å²) in [5.41, 5.74) is 1.50. The van der Waals surface area contributed by atoms with Gasteiger partial charge in [0.1, 0.15) is 0 Å². The molecule has 144 valence electrons. The third kappa shape index (κ3) is 3.99.